The van der Waals surface area contributed by atoms with Crippen molar-refractivity contribution in [3.8, 4) is 11.5 Å². The van der Waals surface area contributed by atoms with Crippen LogP contribution in [0.5, 0.6) is 11.5 Å². The maximum Gasteiger partial charge on any atom is 0.230 e. The second-order valence-electron chi connectivity index (χ2n) is 5.30. The van der Waals surface area contributed by atoms with Crippen molar-refractivity contribution in [3.63, 3.8) is 0 Å². The molecule has 7 heteroatoms. The van der Waals surface area contributed by atoms with E-state index in [0.717, 1.165) is 40.9 Å². The van der Waals surface area contributed by atoms with Gasteiger partial charge >= 0.3 is 0 Å². The number of carbonyl (C=O) groups excluding carboxylic acids is 1. The lowest BCUT2D eigenvalue weighted by atomic mass is 10.1. The lowest BCUT2D eigenvalue weighted by Crippen LogP contribution is -2.31. The molecule has 5 nitrogen and oxygen atoms in total. The third-order valence-corrected chi connectivity index (χ3v) is 5.21. The molecule has 0 saturated heterocycles. The fourth-order valence-corrected chi connectivity index (χ4v) is 3.57. The second-order valence-corrected chi connectivity index (χ2v) is 6.91. The summed E-state index contributed by atoms with van der Waals surface area (Å²) in [7, 11) is 0. The van der Waals surface area contributed by atoms with Gasteiger partial charge in [-0.15, -0.1) is 0 Å². The van der Waals surface area contributed by atoms with E-state index in [9.17, 15) is 4.79 Å². The standard InChI is InChI=1S/C17H24N2O3S2/c1-3-19(4-2)17(23)24-12-16(20)18-8-7-13-5-6-14-15(11-13)22-10-9-21-14/h5-6,11H,3-4,7-10,12H2,1-2H3,(H,18,20). The van der Waals surface area contributed by atoms with Crippen LogP contribution in [0.4, 0.5) is 0 Å². The molecule has 1 aromatic carbocycles. The summed E-state index contributed by atoms with van der Waals surface area (Å²) in [6.45, 7) is 7.62. The third-order valence-electron chi connectivity index (χ3n) is 3.69. The van der Waals surface area contributed by atoms with Crippen molar-refractivity contribution in [2.75, 3.05) is 38.6 Å². The van der Waals surface area contributed by atoms with Crippen LogP contribution in [-0.4, -0.2) is 53.7 Å². The van der Waals surface area contributed by atoms with Gasteiger partial charge in [-0.3, -0.25) is 4.79 Å². The monoisotopic (exact) mass is 368 g/mol. The molecule has 0 unspecified atom stereocenters. The Morgan fingerprint density at radius 3 is 2.67 bits per heavy atom. The van der Waals surface area contributed by atoms with Crippen LogP contribution in [-0.2, 0) is 11.2 Å². The minimum absolute atomic E-state index is 0.00653. The van der Waals surface area contributed by atoms with Gasteiger partial charge in [-0.25, -0.2) is 0 Å². The van der Waals surface area contributed by atoms with Gasteiger partial charge in [0.2, 0.25) is 5.91 Å². The molecule has 1 aliphatic heterocycles. The van der Waals surface area contributed by atoms with Crippen molar-refractivity contribution in [2.24, 2.45) is 0 Å². The van der Waals surface area contributed by atoms with Crippen LogP contribution in [0.3, 0.4) is 0 Å². The number of thiocarbonyl (C=S) groups is 1. The molecule has 2 rings (SSSR count). The molecule has 1 aliphatic rings. The van der Waals surface area contributed by atoms with E-state index < -0.39 is 0 Å². The summed E-state index contributed by atoms with van der Waals surface area (Å²) >= 11 is 6.74. The van der Waals surface area contributed by atoms with E-state index in [0.29, 0.717) is 25.5 Å². The molecule has 0 radical (unpaired) electrons. The quantitative estimate of drug-likeness (QED) is 0.746. The Morgan fingerprint density at radius 2 is 1.96 bits per heavy atom. The highest BCUT2D eigenvalue weighted by Gasteiger charge is 2.12. The van der Waals surface area contributed by atoms with Gasteiger partial charge in [0.05, 0.1) is 5.75 Å². The van der Waals surface area contributed by atoms with Gasteiger partial charge in [-0.1, -0.05) is 30.0 Å². The first kappa shape index (κ1) is 18.9. The van der Waals surface area contributed by atoms with E-state index >= 15 is 0 Å². The Balaban J connectivity index is 1.70. The Bertz CT molecular complexity index is 577. The van der Waals surface area contributed by atoms with E-state index in [-0.39, 0.29) is 5.91 Å². The van der Waals surface area contributed by atoms with Crippen LogP contribution in [0.25, 0.3) is 0 Å². The summed E-state index contributed by atoms with van der Waals surface area (Å²) < 4.78 is 11.8. The van der Waals surface area contributed by atoms with E-state index in [2.05, 4.69) is 24.1 Å². The topological polar surface area (TPSA) is 50.8 Å². The number of nitrogens with one attached hydrogen (secondary N) is 1. The van der Waals surface area contributed by atoms with Gasteiger partial charge in [0.1, 0.15) is 17.5 Å². The lowest BCUT2D eigenvalue weighted by molar-refractivity contribution is -0.118. The number of amides is 1. The molecule has 0 spiro atoms. The Hall–Kier alpha value is -1.47. The molecule has 0 bridgehead atoms. The van der Waals surface area contributed by atoms with Crippen molar-refractivity contribution in [1.29, 1.82) is 0 Å². The molecule has 132 valence electrons. The van der Waals surface area contributed by atoms with Crippen molar-refractivity contribution in [3.05, 3.63) is 23.8 Å². The molecule has 1 amide bonds. The van der Waals surface area contributed by atoms with E-state index in [1.54, 1.807) is 0 Å². The van der Waals surface area contributed by atoms with Crippen LogP contribution < -0.4 is 14.8 Å². The molecule has 0 aromatic heterocycles. The highest BCUT2D eigenvalue weighted by Crippen LogP contribution is 2.30. The number of rotatable bonds is 7. The summed E-state index contributed by atoms with van der Waals surface area (Å²) in [5.41, 5.74) is 1.12. The maximum atomic E-state index is 11.9. The molecular formula is C17H24N2O3S2. The van der Waals surface area contributed by atoms with Crippen LogP contribution in [0, 0.1) is 0 Å². The SMILES string of the molecule is CCN(CC)C(=S)SCC(=O)NCCc1ccc2c(c1)OCCO2. The smallest absolute Gasteiger partial charge is 0.230 e. The summed E-state index contributed by atoms with van der Waals surface area (Å²) in [6, 6.07) is 5.90. The normalized spacial score (nSPS) is 12.6. The summed E-state index contributed by atoms with van der Waals surface area (Å²) in [6.07, 6.45) is 0.757. The number of fused-ring (bicyclic) bond motifs is 1. The fourth-order valence-electron chi connectivity index (χ4n) is 2.34. The van der Waals surface area contributed by atoms with E-state index in [4.69, 9.17) is 21.7 Å². The number of thioether (sulfide) groups is 1. The highest BCUT2D eigenvalue weighted by atomic mass is 32.2. The van der Waals surface area contributed by atoms with Gasteiger partial charge < -0.3 is 19.7 Å². The van der Waals surface area contributed by atoms with Gasteiger partial charge in [0.25, 0.3) is 0 Å². The first-order chi connectivity index (χ1) is 11.6. The Labute approximate surface area is 153 Å². The highest BCUT2D eigenvalue weighted by molar-refractivity contribution is 8.23. The predicted molar refractivity (Wildman–Crippen MR) is 102 cm³/mol. The number of carbonyl (C=O) groups is 1. The molecule has 1 aromatic rings. The van der Waals surface area contributed by atoms with Crippen molar-refractivity contribution in [2.45, 2.75) is 20.3 Å². The van der Waals surface area contributed by atoms with Crippen LogP contribution in [0.1, 0.15) is 19.4 Å². The molecule has 0 saturated carbocycles. The minimum Gasteiger partial charge on any atom is -0.486 e. The summed E-state index contributed by atoms with van der Waals surface area (Å²) in [4.78, 5) is 14.0. The fraction of sp³-hybridized carbons (Fsp3) is 0.529. The maximum absolute atomic E-state index is 11.9. The number of nitrogens with zero attached hydrogens (tertiary/aromatic N) is 1. The molecule has 1 heterocycles. The summed E-state index contributed by atoms with van der Waals surface area (Å²) in [5, 5.41) is 2.93. The largest absolute Gasteiger partial charge is 0.486 e. The number of ether oxygens (including phenoxy) is 2. The zero-order chi connectivity index (χ0) is 17.4. The second kappa shape index (κ2) is 9.74. The first-order valence-electron chi connectivity index (χ1n) is 8.21. The molecule has 1 N–H and O–H groups in total. The summed E-state index contributed by atoms with van der Waals surface area (Å²) in [5.74, 6) is 1.93. The van der Waals surface area contributed by atoms with Crippen LogP contribution in [0.2, 0.25) is 0 Å². The molecular weight excluding hydrogens is 344 g/mol. The zero-order valence-corrected chi connectivity index (χ0v) is 15.8. The minimum atomic E-state index is 0.00653. The lowest BCUT2D eigenvalue weighted by Gasteiger charge is -2.20. The number of hydrogen-bond donors (Lipinski definition) is 1. The Morgan fingerprint density at radius 1 is 1.25 bits per heavy atom. The van der Waals surface area contributed by atoms with Crippen molar-refractivity contribution >= 4 is 34.2 Å². The molecule has 0 fully saturated rings. The molecule has 0 aliphatic carbocycles. The van der Waals surface area contributed by atoms with Crippen LogP contribution in [0.15, 0.2) is 18.2 Å². The van der Waals surface area contributed by atoms with Gasteiger partial charge in [-0.05, 0) is 38.0 Å². The number of benzene rings is 1. The van der Waals surface area contributed by atoms with Gasteiger partial charge in [-0.2, -0.15) is 0 Å². The molecule has 0 atom stereocenters. The zero-order valence-electron chi connectivity index (χ0n) is 14.2. The van der Waals surface area contributed by atoms with Crippen molar-refractivity contribution < 1.29 is 14.3 Å². The first-order valence-corrected chi connectivity index (χ1v) is 9.60. The predicted octanol–water partition coefficient (Wildman–Crippen LogP) is 2.48. The van der Waals surface area contributed by atoms with Gasteiger partial charge in [0.15, 0.2) is 11.5 Å². The molecule has 24 heavy (non-hydrogen) atoms. The third kappa shape index (κ3) is 5.56. The van der Waals surface area contributed by atoms with E-state index in [1.807, 2.05) is 18.2 Å². The average molecular weight is 369 g/mol. The number of hydrogen-bond acceptors (Lipinski definition) is 5. The van der Waals surface area contributed by atoms with Crippen LogP contribution >= 0.6 is 24.0 Å². The van der Waals surface area contributed by atoms with Gasteiger partial charge in [0, 0.05) is 19.6 Å². The average Bonchev–Trinajstić information content (AvgIpc) is 2.61. The van der Waals surface area contributed by atoms with E-state index in [1.165, 1.54) is 11.8 Å². The Kier molecular flexibility index (Phi) is 7.65. The van der Waals surface area contributed by atoms with Crippen molar-refractivity contribution in [1.82, 2.24) is 10.2 Å².